The number of nitrogens with two attached hydrogens (primary N) is 1. The molecule has 2 aromatic carbocycles. The molecule has 1 aliphatic carbocycles. The number of nitrogen functional groups attached to an aromatic ring is 1. The topological polar surface area (TPSA) is 115 Å². The quantitative estimate of drug-likeness (QED) is 0.466. The highest BCUT2D eigenvalue weighted by Gasteiger charge is 2.28. The van der Waals surface area contributed by atoms with Crippen LogP contribution in [0, 0.1) is 17.0 Å². The molecule has 1 aliphatic rings. The summed E-state index contributed by atoms with van der Waals surface area (Å²) in [6.07, 6.45) is 2.37. The number of fused-ring (bicyclic) bond motifs is 1. The maximum absolute atomic E-state index is 12.8. The first-order chi connectivity index (χ1) is 11.8. The molecule has 1 unspecified atom stereocenters. The van der Waals surface area contributed by atoms with Crippen molar-refractivity contribution in [1.29, 1.82) is 0 Å². The number of sulfonamides is 1. The van der Waals surface area contributed by atoms with Gasteiger partial charge < -0.3 is 5.73 Å². The first-order valence-electron chi connectivity index (χ1n) is 7.94. The number of nitrogens with one attached hydrogen (secondary N) is 1. The smallest absolute Gasteiger partial charge is 0.273 e. The summed E-state index contributed by atoms with van der Waals surface area (Å²) in [5.74, 6) is 0. The van der Waals surface area contributed by atoms with E-state index >= 15 is 0 Å². The second kappa shape index (κ2) is 7.61. The second-order valence-corrected chi connectivity index (χ2v) is 7.86. The first-order valence-corrected chi connectivity index (χ1v) is 9.42. The van der Waals surface area contributed by atoms with Gasteiger partial charge in [-0.25, -0.2) is 13.1 Å². The minimum absolute atomic E-state index is 0. The predicted octanol–water partition coefficient (Wildman–Crippen LogP) is 3.26. The van der Waals surface area contributed by atoms with Gasteiger partial charge in [0.05, 0.1) is 9.82 Å². The summed E-state index contributed by atoms with van der Waals surface area (Å²) in [6, 6.07) is 9.17. The third-order valence-corrected chi connectivity index (χ3v) is 6.14. The SMILES string of the molecule is Cc1c([N+](=O)[O-])cccc1S(=O)(=O)NC1CCCc2cc(N)ccc21.Cl. The number of hydrogen-bond acceptors (Lipinski definition) is 5. The fourth-order valence-corrected chi connectivity index (χ4v) is 4.81. The second-order valence-electron chi connectivity index (χ2n) is 6.18. The van der Waals surface area contributed by atoms with E-state index in [9.17, 15) is 18.5 Å². The molecule has 3 rings (SSSR count). The van der Waals surface area contributed by atoms with Crippen molar-refractivity contribution >= 4 is 33.8 Å². The Kier molecular flexibility index (Phi) is 5.90. The van der Waals surface area contributed by atoms with E-state index in [0.717, 1.165) is 24.0 Å². The molecule has 0 aliphatic heterocycles. The Labute approximate surface area is 158 Å². The fourth-order valence-electron chi connectivity index (χ4n) is 3.30. The van der Waals surface area contributed by atoms with Crippen molar-refractivity contribution in [3.8, 4) is 0 Å². The Morgan fingerprint density at radius 3 is 2.69 bits per heavy atom. The van der Waals surface area contributed by atoms with Crippen molar-refractivity contribution in [3.05, 3.63) is 63.2 Å². The molecule has 0 spiro atoms. The van der Waals surface area contributed by atoms with Crippen LogP contribution in [0.3, 0.4) is 0 Å². The lowest BCUT2D eigenvalue weighted by Gasteiger charge is -2.26. The largest absolute Gasteiger partial charge is 0.399 e. The van der Waals surface area contributed by atoms with Crippen LogP contribution in [0.1, 0.15) is 35.6 Å². The molecule has 1 atom stereocenters. The fraction of sp³-hybridized carbons (Fsp3) is 0.294. The van der Waals surface area contributed by atoms with Gasteiger partial charge >= 0.3 is 0 Å². The summed E-state index contributed by atoms with van der Waals surface area (Å²) in [5, 5.41) is 11.1. The van der Waals surface area contributed by atoms with Crippen LogP contribution in [0.25, 0.3) is 0 Å². The third kappa shape index (κ3) is 3.82. The zero-order valence-electron chi connectivity index (χ0n) is 14.1. The molecule has 0 saturated carbocycles. The van der Waals surface area contributed by atoms with E-state index in [1.54, 1.807) is 6.07 Å². The first kappa shape index (κ1) is 20.2. The number of rotatable bonds is 4. The Morgan fingerprint density at radius 2 is 2.00 bits per heavy atom. The van der Waals surface area contributed by atoms with Crippen LogP contribution in [-0.4, -0.2) is 13.3 Å². The molecule has 0 fully saturated rings. The molecule has 0 saturated heterocycles. The van der Waals surface area contributed by atoms with Gasteiger partial charge in [0.25, 0.3) is 5.69 Å². The van der Waals surface area contributed by atoms with E-state index in [2.05, 4.69) is 4.72 Å². The molecular formula is C17H20ClN3O4S. The standard InChI is InChI=1S/C17H19N3O4S.ClH/c1-11-16(20(21)22)6-3-7-17(11)25(23,24)19-15-5-2-4-12-10-13(18)8-9-14(12)15;/h3,6-10,15,19H,2,4-5,18H2,1H3;1H. The Hall–Kier alpha value is -2.16. The maximum atomic E-state index is 12.8. The highest BCUT2D eigenvalue weighted by Crippen LogP contribution is 2.33. The summed E-state index contributed by atoms with van der Waals surface area (Å²) in [7, 11) is -3.89. The Morgan fingerprint density at radius 1 is 1.27 bits per heavy atom. The van der Waals surface area contributed by atoms with Gasteiger partial charge in [0.15, 0.2) is 0 Å². The van der Waals surface area contributed by atoms with E-state index in [-0.39, 0.29) is 34.6 Å². The van der Waals surface area contributed by atoms with Crippen LogP contribution < -0.4 is 10.5 Å². The van der Waals surface area contributed by atoms with E-state index < -0.39 is 14.9 Å². The molecule has 26 heavy (non-hydrogen) atoms. The van der Waals surface area contributed by atoms with Gasteiger partial charge in [-0.15, -0.1) is 12.4 Å². The van der Waals surface area contributed by atoms with Gasteiger partial charge in [0.2, 0.25) is 10.0 Å². The summed E-state index contributed by atoms with van der Waals surface area (Å²) >= 11 is 0. The number of nitrogens with zero attached hydrogens (tertiary/aromatic N) is 1. The number of nitro benzene ring substituents is 1. The van der Waals surface area contributed by atoms with Crippen LogP contribution >= 0.6 is 12.4 Å². The highest BCUT2D eigenvalue weighted by atomic mass is 35.5. The molecule has 0 heterocycles. The van der Waals surface area contributed by atoms with E-state index in [1.165, 1.54) is 25.1 Å². The van der Waals surface area contributed by atoms with Crippen molar-refractivity contribution < 1.29 is 13.3 Å². The maximum Gasteiger partial charge on any atom is 0.273 e. The molecule has 7 nitrogen and oxygen atoms in total. The highest BCUT2D eigenvalue weighted by molar-refractivity contribution is 7.89. The van der Waals surface area contributed by atoms with Gasteiger partial charge in [0, 0.05) is 23.4 Å². The number of aryl methyl sites for hydroxylation is 1. The van der Waals surface area contributed by atoms with Gasteiger partial charge in [-0.1, -0.05) is 12.1 Å². The number of benzene rings is 2. The van der Waals surface area contributed by atoms with E-state index in [1.807, 2.05) is 12.1 Å². The Bertz CT molecular complexity index is 947. The van der Waals surface area contributed by atoms with Crippen LogP contribution in [0.15, 0.2) is 41.3 Å². The van der Waals surface area contributed by atoms with Crippen LogP contribution in [0.5, 0.6) is 0 Å². The molecule has 9 heteroatoms. The van der Waals surface area contributed by atoms with E-state index in [4.69, 9.17) is 5.73 Å². The summed E-state index contributed by atoms with van der Waals surface area (Å²) in [4.78, 5) is 10.4. The van der Waals surface area contributed by atoms with Gasteiger partial charge in [-0.2, -0.15) is 0 Å². The van der Waals surface area contributed by atoms with E-state index in [0.29, 0.717) is 12.1 Å². The van der Waals surface area contributed by atoms with Crippen molar-refractivity contribution in [2.24, 2.45) is 0 Å². The lowest BCUT2D eigenvalue weighted by molar-refractivity contribution is -0.385. The molecule has 3 N–H and O–H groups in total. The number of halogens is 1. The van der Waals surface area contributed by atoms with Crippen molar-refractivity contribution in [2.45, 2.75) is 37.1 Å². The Balaban J connectivity index is 0.00000243. The zero-order valence-corrected chi connectivity index (χ0v) is 15.8. The number of anilines is 1. The monoisotopic (exact) mass is 397 g/mol. The number of hydrogen-bond donors (Lipinski definition) is 2. The minimum Gasteiger partial charge on any atom is -0.399 e. The molecule has 0 radical (unpaired) electrons. The molecule has 2 aromatic rings. The molecular weight excluding hydrogens is 378 g/mol. The number of nitro groups is 1. The van der Waals surface area contributed by atoms with Gasteiger partial charge in [-0.3, -0.25) is 10.1 Å². The van der Waals surface area contributed by atoms with Gasteiger partial charge in [0.1, 0.15) is 0 Å². The molecule has 0 aromatic heterocycles. The van der Waals surface area contributed by atoms with Crippen LogP contribution in [0.2, 0.25) is 0 Å². The van der Waals surface area contributed by atoms with Crippen LogP contribution in [0.4, 0.5) is 11.4 Å². The summed E-state index contributed by atoms with van der Waals surface area (Å²) in [5.41, 5.74) is 8.33. The van der Waals surface area contributed by atoms with Crippen LogP contribution in [-0.2, 0) is 16.4 Å². The van der Waals surface area contributed by atoms with Gasteiger partial charge in [-0.05, 0) is 55.5 Å². The lowest BCUT2D eigenvalue weighted by Crippen LogP contribution is -2.31. The average molecular weight is 398 g/mol. The summed E-state index contributed by atoms with van der Waals surface area (Å²) in [6.45, 7) is 1.45. The predicted molar refractivity (Wildman–Crippen MR) is 102 cm³/mol. The zero-order chi connectivity index (χ0) is 18.2. The molecule has 0 amide bonds. The normalized spacial score (nSPS) is 16.4. The van der Waals surface area contributed by atoms with Crippen molar-refractivity contribution in [2.75, 3.05) is 5.73 Å². The lowest BCUT2D eigenvalue weighted by atomic mass is 9.88. The third-order valence-electron chi connectivity index (χ3n) is 4.52. The molecule has 0 bridgehead atoms. The van der Waals surface area contributed by atoms with Crippen molar-refractivity contribution in [3.63, 3.8) is 0 Å². The minimum atomic E-state index is -3.89. The average Bonchev–Trinajstić information content (AvgIpc) is 2.54. The summed E-state index contributed by atoms with van der Waals surface area (Å²) < 4.78 is 28.3. The van der Waals surface area contributed by atoms with Crippen molar-refractivity contribution in [1.82, 2.24) is 4.72 Å². The molecule has 140 valence electrons.